The summed E-state index contributed by atoms with van der Waals surface area (Å²) in [4.78, 5) is 54.7. The molecule has 0 radical (unpaired) electrons. The van der Waals surface area contributed by atoms with Gasteiger partial charge < -0.3 is 44.4 Å². The van der Waals surface area contributed by atoms with Crippen molar-refractivity contribution in [3.05, 3.63) is 167 Å². The Morgan fingerprint density at radius 2 is 1.15 bits per heavy atom. The molecular weight excluding hydrogens is 827 g/mol. The van der Waals surface area contributed by atoms with Gasteiger partial charge in [0.25, 0.3) is 5.91 Å². The van der Waals surface area contributed by atoms with Crippen LogP contribution in [0.25, 0.3) is 11.1 Å². The first-order valence-corrected chi connectivity index (χ1v) is 21.9. The predicted molar refractivity (Wildman–Crippen MR) is 243 cm³/mol. The van der Waals surface area contributed by atoms with Crippen LogP contribution in [0.5, 0.6) is 0 Å². The van der Waals surface area contributed by atoms with Crippen LogP contribution >= 0.6 is 0 Å². The summed E-state index contributed by atoms with van der Waals surface area (Å²) in [6.45, 7) is 6.62. The van der Waals surface area contributed by atoms with Gasteiger partial charge in [-0.2, -0.15) is 0 Å². The fourth-order valence-corrected chi connectivity index (χ4v) is 8.14. The molecule has 6 atom stereocenters. The van der Waals surface area contributed by atoms with Crippen LogP contribution < -0.4 is 16.0 Å². The Morgan fingerprint density at radius 3 is 1.69 bits per heavy atom. The van der Waals surface area contributed by atoms with E-state index in [9.17, 15) is 19.2 Å². The number of amides is 3. The molecule has 3 amide bonds. The van der Waals surface area contributed by atoms with Crippen molar-refractivity contribution >= 4 is 23.9 Å². The Bertz CT molecular complexity index is 2310. The van der Waals surface area contributed by atoms with Crippen molar-refractivity contribution in [3.8, 4) is 11.1 Å². The first-order valence-electron chi connectivity index (χ1n) is 21.9. The number of fused-ring (bicyclic) bond motifs is 3. The molecule has 13 nitrogen and oxygen atoms in total. The summed E-state index contributed by atoms with van der Waals surface area (Å²) in [7, 11) is 0. The van der Waals surface area contributed by atoms with Crippen molar-refractivity contribution in [2.75, 3.05) is 19.8 Å². The summed E-state index contributed by atoms with van der Waals surface area (Å²) in [5.41, 5.74) is 5.97. The first-order chi connectivity index (χ1) is 31.4. The molecule has 2 aliphatic rings. The highest BCUT2D eigenvalue weighted by Crippen LogP contribution is 2.44. The lowest BCUT2D eigenvalue weighted by Gasteiger charge is -2.46. The molecule has 340 valence electrons. The largest absolute Gasteiger partial charge is 0.458 e. The highest BCUT2D eigenvalue weighted by atomic mass is 16.6. The van der Waals surface area contributed by atoms with Crippen LogP contribution in [0.3, 0.4) is 0 Å². The van der Waals surface area contributed by atoms with Crippen LogP contribution in [0.15, 0.2) is 140 Å². The summed E-state index contributed by atoms with van der Waals surface area (Å²) in [6.07, 6.45) is -4.87. The second-order valence-corrected chi connectivity index (χ2v) is 17.1. The van der Waals surface area contributed by atoms with E-state index in [-0.39, 0.29) is 39.0 Å². The summed E-state index contributed by atoms with van der Waals surface area (Å²) in [5.74, 6) is -2.13. The van der Waals surface area contributed by atoms with E-state index in [2.05, 4.69) is 16.0 Å². The number of carbonyl (C=O) groups excluding carboxylic acids is 4. The maximum atomic E-state index is 14.5. The van der Waals surface area contributed by atoms with Gasteiger partial charge in [-0.15, -0.1) is 0 Å². The molecule has 0 bridgehead atoms. The number of ether oxygens (including phenoxy) is 6. The molecular formula is C52H57N3O10. The molecule has 7 rings (SSSR count). The van der Waals surface area contributed by atoms with Gasteiger partial charge in [0.2, 0.25) is 5.91 Å². The van der Waals surface area contributed by atoms with Crippen molar-refractivity contribution in [1.82, 2.24) is 16.0 Å². The van der Waals surface area contributed by atoms with Gasteiger partial charge in [0.05, 0.1) is 32.5 Å². The molecule has 5 aromatic carbocycles. The van der Waals surface area contributed by atoms with E-state index in [1.807, 2.05) is 140 Å². The van der Waals surface area contributed by atoms with E-state index in [0.29, 0.717) is 0 Å². The maximum Gasteiger partial charge on any atom is 0.407 e. The molecule has 1 aliphatic carbocycles. The summed E-state index contributed by atoms with van der Waals surface area (Å²) < 4.78 is 37.5. The van der Waals surface area contributed by atoms with Gasteiger partial charge in [0.1, 0.15) is 36.6 Å². The molecule has 3 N–H and O–H groups in total. The third-order valence-electron chi connectivity index (χ3n) is 11.1. The number of hydrogen-bond acceptors (Lipinski definition) is 10. The average Bonchev–Trinajstić information content (AvgIpc) is 3.62. The third-order valence-corrected chi connectivity index (χ3v) is 11.1. The van der Waals surface area contributed by atoms with E-state index in [4.69, 9.17) is 28.4 Å². The fourth-order valence-electron chi connectivity index (χ4n) is 8.14. The second kappa shape index (κ2) is 22.0. The SMILES string of the molecule is CC(=O)N[C@@H]1[C@@H](OCc2ccccc2)[C@H](OCc2ccccc2)[C@@H](COCc2ccccc2)O[C@H]1C(=O)NC[C@H](NC(=O)OCC1c2ccccc2-c2ccccc21)C(=O)OC(C)(C)C. The zero-order valence-electron chi connectivity index (χ0n) is 37.1. The number of alkyl carbamates (subject to hydrolysis) is 1. The number of rotatable bonds is 18. The first kappa shape index (κ1) is 46.6. The van der Waals surface area contributed by atoms with Gasteiger partial charge in [-0.3, -0.25) is 9.59 Å². The van der Waals surface area contributed by atoms with E-state index < -0.39 is 72.5 Å². The van der Waals surface area contributed by atoms with Crippen LogP contribution in [-0.4, -0.2) is 85.7 Å². The van der Waals surface area contributed by atoms with E-state index >= 15 is 0 Å². The summed E-state index contributed by atoms with van der Waals surface area (Å²) >= 11 is 0. The zero-order chi connectivity index (χ0) is 45.8. The van der Waals surface area contributed by atoms with Gasteiger partial charge in [-0.25, -0.2) is 9.59 Å². The smallest absolute Gasteiger partial charge is 0.407 e. The number of hydrogen-bond donors (Lipinski definition) is 3. The normalized spacial score (nSPS) is 19.5. The topological polar surface area (TPSA) is 160 Å². The highest BCUT2D eigenvalue weighted by molar-refractivity contribution is 5.86. The Balaban J connectivity index is 1.11. The number of benzene rings is 5. The van der Waals surface area contributed by atoms with Gasteiger partial charge in [0, 0.05) is 19.4 Å². The Hall–Kier alpha value is -6.38. The van der Waals surface area contributed by atoms with Crippen LogP contribution in [-0.2, 0) is 62.6 Å². The highest BCUT2D eigenvalue weighted by Gasteiger charge is 2.51. The van der Waals surface area contributed by atoms with E-state index in [1.165, 1.54) is 6.92 Å². The van der Waals surface area contributed by atoms with Crippen LogP contribution in [0.4, 0.5) is 4.79 Å². The lowest BCUT2D eigenvalue weighted by molar-refractivity contribution is -0.230. The molecule has 0 spiro atoms. The third kappa shape index (κ3) is 12.7. The molecule has 0 aromatic heterocycles. The average molecular weight is 884 g/mol. The molecule has 13 heteroatoms. The lowest BCUT2D eigenvalue weighted by Crippen LogP contribution is -2.68. The minimum Gasteiger partial charge on any atom is -0.458 e. The van der Waals surface area contributed by atoms with E-state index in [1.54, 1.807) is 20.8 Å². The molecule has 1 heterocycles. The number of esters is 1. The summed E-state index contributed by atoms with van der Waals surface area (Å²) in [5, 5.41) is 8.33. The van der Waals surface area contributed by atoms with Crippen molar-refractivity contribution in [3.63, 3.8) is 0 Å². The number of carbonyl (C=O) groups is 4. The van der Waals surface area contributed by atoms with Gasteiger partial charge in [-0.05, 0) is 59.7 Å². The predicted octanol–water partition coefficient (Wildman–Crippen LogP) is 7.01. The molecule has 1 aliphatic heterocycles. The van der Waals surface area contributed by atoms with Gasteiger partial charge >= 0.3 is 12.1 Å². The van der Waals surface area contributed by atoms with Gasteiger partial charge in [-0.1, -0.05) is 140 Å². The quantitative estimate of drug-likeness (QED) is 0.0782. The Labute approximate surface area is 380 Å². The molecule has 65 heavy (non-hydrogen) atoms. The van der Waals surface area contributed by atoms with Crippen LogP contribution in [0.1, 0.15) is 61.4 Å². The minimum atomic E-state index is -1.37. The molecule has 0 saturated carbocycles. The minimum absolute atomic E-state index is 0.00000753. The molecule has 0 unspecified atom stereocenters. The van der Waals surface area contributed by atoms with Crippen molar-refractivity contribution < 1.29 is 47.6 Å². The zero-order valence-corrected chi connectivity index (χ0v) is 37.1. The van der Waals surface area contributed by atoms with Crippen molar-refractivity contribution in [2.45, 2.75) is 95.5 Å². The van der Waals surface area contributed by atoms with Crippen LogP contribution in [0.2, 0.25) is 0 Å². The van der Waals surface area contributed by atoms with Crippen molar-refractivity contribution in [2.24, 2.45) is 0 Å². The molecule has 1 saturated heterocycles. The van der Waals surface area contributed by atoms with E-state index in [0.717, 1.165) is 38.9 Å². The standard InChI is InChI=1S/C52H57N3O10/c1-34(56)54-45-47(62-31-37-22-12-7-13-23-37)46(61-30-36-20-10-6-11-21-36)44(33-60-29-35-18-8-5-9-19-35)64-48(45)49(57)53-28-43(50(58)65-52(2,3)4)55-51(59)63-32-42-40-26-16-14-24-38(40)39-25-15-17-27-41(39)42/h5-27,42-48H,28-33H2,1-4H3,(H,53,57)(H,54,56)(H,55,59)/t43-,44+,45+,46+,47+,48+/m0/s1. The van der Waals surface area contributed by atoms with Crippen LogP contribution in [0, 0.1) is 0 Å². The maximum absolute atomic E-state index is 14.5. The Morgan fingerprint density at radius 1 is 0.646 bits per heavy atom. The Kier molecular flexibility index (Phi) is 15.8. The van der Waals surface area contributed by atoms with Gasteiger partial charge in [0.15, 0.2) is 6.10 Å². The number of nitrogens with one attached hydrogen (secondary N) is 3. The summed E-state index contributed by atoms with van der Waals surface area (Å²) in [6, 6.07) is 42.2. The fraction of sp³-hybridized carbons (Fsp3) is 0.346. The molecule has 1 fully saturated rings. The second-order valence-electron chi connectivity index (χ2n) is 17.1. The monoisotopic (exact) mass is 883 g/mol. The molecule has 5 aromatic rings. The lowest BCUT2D eigenvalue weighted by atomic mass is 9.91. The van der Waals surface area contributed by atoms with Crippen molar-refractivity contribution in [1.29, 1.82) is 0 Å².